The average molecular weight is 395 g/mol. The number of hydrogen-bond acceptors (Lipinski definition) is 4. The molecule has 0 atom stereocenters. The highest BCUT2D eigenvalue weighted by atomic mass is 16.2. The van der Waals surface area contributed by atoms with E-state index in [0.717, 1.165) is 11.3 Å². The van der Waals surface area contributed by atoms with Gasteiger partial charge >= 0.3 is 6.03 Å². The van der Waals surface area contributed by atoms with Crippen LogP contribution in [0.5, 0.6) is 0 Å². The summed E-state index contributed by atoms with van der Waals surface area (Å²) in [6, 6.07) is 8.94. The molecule has 1 aromatic carbocycles. The first-order valence-corrected chi connectivity index (χ1v) is 9.93. The molecule has 2 aliphatic heterocycles. The molecule has 0 saturated carbocycles. The molecular formula is C21H25N5O3. The Bertz CT molecular complexity index is 912. The highest BCUT2D eigenvalue weighted by Gasteiger charge is 2.54. The smallest absolute Gasteiger partial charge is 0.325 e. The summed E-state index contributed by atoms with van der Waals surface area (Å²) in [6.07, 6.45) is 2.59. The van der Waals surface area contributed by atoms with Crippen LogP contribution in [0.2, 0.25) is 0 Å². The van der Waals surface area contributed by atoms with Crippen molar-refractivity contribution in [2.24, 2.45) is 5.92 Å². The fourth-order valence-electron chi connectivity index (χ4n) is 4.19. The van der Waals surface area contributed by atoms with Gasteiger partial charge in [-0.15, -0.1) is 0 Å². The normalized spacial score (nSPS) is 18.6. The van der Waals surface area contributed by atoms with Crippen molar-refractivity contribution in [2.45, 2.75) is 32.2 Å². The molecule has 1 aromatic heterocycles. The predicted molar refractivity (Wildman–Crippen MR) is 107 cm³/mol. The van der Waals surface area contributed by atoms with Crippen LogP contribution < -0.4 is 5.32 Å². The summed E-state index contributed by atoms with van der Waals surface area (Å²) in [5.41, 5.74) is 1.63. The Morgan fingerprint density at radius 2 is 1.83 bits per heavy atom. The first kappa shape index (κ1) is 19.2. The summed E-state index contributed by atoms with van der Waals surface area (Å²) < 4.78 is 0. The maximum atomic E-state index is 12.9. The SMILES string of the molecule is CC(C)CN1C(=O)NC(=O)C12CCN(C(=O)c1ccc(-c3ccn[nH]3)cc1)CC2. The first-order valence-electron chi connectivity index (χ1n) is 9.93. The Morgan fingerprint density at radius 1 is 1.14 bits per heavy atom. The van der Waals surface area contributed by atoms with Crippen LogP contribution in [0.3, 0.4) is 0 Å². The lowest BCUT2D eigenvalue weighted by molar-refractivity contribution is -0.129. The van der Waals surface area contributed by atoms with Gasteiger partial charge in [-0.25, -0.2) is 4.79 Å². The second-order valence-corrected chi connectivity index (χ2v) is 8.14. The fraction of sp³-hybridized carbons (Fsp3) is 0.429. The van der Waals surface area contributed by atoms with Crippen LogP contribution in [0, 0.1) is 5.92 Å². The molecule has 2 fully saturated rings. The summed E-state index contributed by atoms with van der Waals surface area (Å²) >= 11 is 0. The van der Waals surface area contributed by atoms with Crippen LogP contribution in [0.25, 0.3) is 11.3 Å². The lowest BCUT2D eigenvalue weighted by Gasteiger charge is -2.42. The van der Waals surface area contributed by atoms with Crippen molar-refractivity contribution in [1.29, 1.82) is 0 Å². The molecule has 0 radical (unpaired) electrons. The molecule has 2 aromatic rings. The van der Waals surface area contributed by atoms with Gasteiger partial charge in [0.05, 0.1) is 5.69 Å². The number of carbonyl (C=O) groups is 3. The van der Waals surface area contributed by atoms with Crippen LogP contribution in [-0.4, -0.2) is 63.0 Å². The maximum Gasteiger partial charge on any atom is 0.325 e. The Hall–Kier alpha value is -3.16. The molecule has 0 unspecified atom stereocenters. The zero-order valence-electron chi connectivity index (χ0n) is 16.6. The van der Waals surface area contributed by atoms with E-state index >= 15 is 0 Å². The van der Waals surface area contributed by atoms with Gasteiger partial charge in [-0.1, -0.05) is 26.0 Å². The number of imide groups is 1. The number of benzene rings is 1. The van der Waals surface area contributed by atoms with E-state index in [1.54, 1.807) is 28.1 Å². The molecule has 8 heteroatoms. The molecule has 0 aliphatic carbocycles. The van der Waals surface area contributed by atoms with Crippen LogP contribution in [0.15, 0.2) is 36.5 Å². The largest absolute Gasteiger partial charge is 0.338 e. The summed E-state index contributed by atoms with van der Waals surface area (Å²) in [7, 11) is 0. The molecule has 2 aliphatic rings. The second-order valence-electron chi connectivity index (χ2n) is 8.14. The van der Waals surface area contributed by atoms with Crippen molar-refractivity contribution in [3.8, 4) is 11.3 Å². The number of aromatic amines is 1. The summed E-state index contributed by atoms with van der Waals surface area (Å²) in [4.78, 5) is 41.2. The summed E-state index contributed by atoms with van der Waals surface area (Å²) in [6.45, 7) is 5.46. The van der Waals surface area contributed by atoms with Gasteiger partial charge in [0.2, 0.25) is 0 Å². The van der Waals surface area contributed by atoms with Gasteiger partial charge in [0, 0.05) is 31.4 Å². The van der Waals surface area contributed by atoms with Crippen molar-refractivity contribution in [3.05, 3.63) is 42.1 Å². The molecule has 4 rings (SSSR count). The number of nitrogens with zero attached hydrogens (tertiary/aromatic N) is 3. The molecule has 2 saturated heterocycles. The summed E-state index contributed by atoms with van der Waals surface area (Å²) in [5, 5.41) is 9.31. The zero-order valence-corrected chi connectivity index (χ0v) is 16.6. The van der Waals surface area contributed by atoms with Crippen LogP contribution >= 0.6 is 0 Å². The minimum Gasteiger partial charge on any atom is -0.338 e. The first-order chi connectivity index (χ1) is 13.9. The number of urea groups is 1. The van der Waals surface area contributed by atoms with E-state index in [-0.39, 0.29) is 23.8 Å². The lowest BCUT2D eigenvalue weighted by Crippen LogP contribution is -2.58. The molecular weight excluding hydrogens is 370 g/mol. The Morgan fingerprint density at radius 3 is 2.41 bits per heavy atom. The number of carbonyl (C=O) groups excluding carboxylic acids is 3. The van der Waals surface area contributed by atoms with E-state index < -0.39 is 5.54 Å². The third-order valence-corrected chi connectivity index (χ3v) is 5.77. The second kappa shape index (κ2) is 7.35. The quantitative estimate of drug-likeness (QED) is 0.776. The van der Waals surface area contributed by atoms with Gasteiger partial charge < -0.3 is 9.80 Å². The van der Waals surface area contributed by atoms with Gasteiger partial charge in [-0.3, -0.25) is 20.0 Å². The molecule has 4 amide bonds. The zero-order chi connectivity index (χ0) is 20.6. The van der Waals surface area contributed by atoms with E-state index in [2.05, 4.69) is 15.5 Å². The van der Waals surface area contributed by atoms with Crippen LogP contribution in [0.1, 0.15) is 37.0 Å². The molecule has 8 nitrogen and oxygen atoms in total. The number of hydrogen-bond donors (Lipinski definition) is 2. The van der Waals surface area contributed by atoms with E-state index in [9.17, 15) is 14.4 Å². The van der Waals surface area contributed by atoms with Gasteiger partial charge in [-0.2, -0.15) is 5.10 Å². The topological polar surface area (TPSA) is 98.4 Å². The van der Waals surface area contributed by atoms with E-state index in [4.69, 9.17) is 0 Å². The average Bonchev–Trinajstić information content (AvgIpc) is 3.32. The summed E-state index contributed by atoms with van der Waals surface area (Å²) in [5.74, 6) is -0.0353. The van der Waals surface area contributed by atoms with Crippen molar-refractivity contribution >= 4 is 17.8 Å². The minimum atomic E-state index is -0.831. The number of piperidine rings is 1. The van der Waals surface area contributed by atoms with Crippen LogP contribution in [-0.2, 0) is 4.79 Å². The van der Waals surface area contributed by atoms with E-state index in [1.165, 1.54) is 0 Å². The van der Waals surface area contributed by atoms with Gasteiger partial charge in [0.15, 0.2) is 0 Å². The predicted octanol–water partition coefficient (Wildman–Crippen LogP) is 2.26. The van der Waals surface area contributed by atoms with Crippen molar-refractivity contribution in [2.75, 3.05) is 19.6 Å². The Labute approximate surface area is 169 Å². The Balaban J connectivity index is 1.45. The number of likely N-dealkylation sites (tertiary alicyclic amines) is 1. The van der Waals surface area contributed by atoms with Crippen molar-refractivity contribution in [3.63, 3.8) is 0 Å². The van der Waals surface area contributed by atoms with Crippen LogP contribution in [0.4, 0.5) is 4.79 Å². The molecule has 29 heavy (non-hydrogen) atoms. The standard InChI is InChI=1S/C21H25N5O3/c1-14(2)13-26-20(29)23-19(28)21(26)8-11-25(12-9-21)18(27)16-5-3-15(4-6-16)17-7-10-22-24-17/h3-7,10,14H,8-9,11-13H2,1-2H3,(H,22,24)(H,23,28,29). The molecule has 0 bridgehead atoms. The third-order valence-electron chi connectivity index (χ3n) is 5.77. The van der Waals surface area contributed by atoms with Crippen molar-refractivity contribution in [1.82, 2.24) is 25.3 Å². The Kier molecular flexibility index (Phi) is 4.86. The fourth-order valence-corrected chi connectivity index (χ4v) is 4.19. The van der Waals surface area contributed by atoms with Gasteiger partial charge in [0.1, 0.15) is 5.54 Å². The highest BCUT2D eigenvalue weighted by molar-refractivity contribution is 6.07. The number of H-pyrrole nitrogens is 1. The van der Waals surface area contributed by atoms with Gasteiger partial charge in [0.25, 0.3) is 11.8 Å². The molecule has 2 N–H and O–H groups in total. The van der Waals surface area contributed by atoms with E-state index in [1.807, 2.05) is 32.0 Å². The van der Waals surface area contributed by atoms with E-state index in [0.29, 0.717) is 38.0 Å². The number of nitrogens with one attached hydrogen (secondary N) is 2. The molecule has 1 spiro atoms. The number of rotatable bonds is 4. The molecule has 152 valence electrons. The van der Waals surface area contributed by atoms with Gasteiger partial charge in [-0.05, 0) is 42.5 Å². The maximum absolute atomic E-state index is 12.9. The van der Waals surface area contributed by atoms with Crippen molar-refractivity contribution < 1.29 is 14.4 Å². The minimum absolute atomic E-state index is 0.0591. The number of aromatic nitrogens is 2. The third kappa shape index (κ3) is 3.39. The molecule has 3 heterocycles. The lowest BCUT2D eigenvalue weighted by atomic mass is 9.85. The highest BCUT2D eigenvalue weighted by Crippen LogP contribution is 2.34. The monoisotopic (exact) mass is 395 g/mol. The number of amides is 4.